The summed E-state index contributed by atoms with van der Waals surface area (Å²) in [5.74, 6) is 7.21. The predicted molar refractivity (Wildman–Crippen MR) is 105 cm³/mol. The molecule has 1 aliphatic rings. The Morgan fingerprint density at radius 3 is 2.72 bits per heavy atom. The molecule has 0 radical (unpaired) electrons. The largest absolute Gasteiger partial charge is 0.378 e. The van der Waals surface area contributed by atoms with Crippen LogP contribution in [0.2, 0.25) is 0 Å². The molecule has 1 saturated heterocycles. The van der Waals surface area contributed by atoms with Crippen LogP contribution in [0.15, 0.2) is 12.2 Å². The van der Waals surface area contributed by atoms with Gasteiger partial charge in [0, 0.05) is 19.6 Å². The Kier molecular flexibility index (Phi) is 11.1. The van der Waals surface area contributed by atoms with Crippen LogP contribution in [0.5, 0.6) is 0 Å². The Morgan fingerprint density at radius 2 is 2.04 bits per heavy atom. The molecule has 1 aliphatic heterocycles. The first kappa shape index (κ1) is 22.2. The fraction of sp³-hybridized carbons (Fsp3) is 0.818. The van der Waals surface area contributed by atoms with Crippen molar-refractivity contribution in [3.63, 3.8) is 0 Å². The minimum atomic E-state index is -0.236. The zero-order valence-electron chi connectivity index (χ0n) is 17.0. The molecule has 0 amide bonds. The van der Waals surface area contributed by atoms with E-state index in [1.165, 1.54) is 19.3 Å². The molecule has 3 nitrogen and oxygen atoms in total. The van der Waals surface area contributed by atoms with Gasteiger partial charge in [-0.3, -0.25) is 0 Å². The van der Waals surface area contributed by atoms with Crippen molar-refractivity contribution in [3.8, 4) is 11.8 Å². The molecule has 0 saturated carbocycles. The SMILES string of the molecule is CCOCC#CC[C@H](C)COC(C)(C)/C=C/CC(C)C1CCCCO1. The van der Waals surface area contributed by atoms with Crippen LogP contribution in [0.3, 0.4) is 0 Å². The summed E-state index contributed by atoms with van der Waals surface area (Å²) in [6, 6.07) is 0. The third kappa shape index (κ3) is 10.7. The second kappa shape index (κ2) is 12.5. The van der Waals surface area contributed by atoms with Crippen LogP contribution >= 0.6 is 0 Å². The number of allylic oxidation sites excluding steroid dienone is 1. The quantitative estimate of drug-likeness (QED) is 0.315. The van der Waals surface area contributed by atoms with Crippen molar-refractivity contribution >= 4 is 0 Å². The average Bonchev–Trinajstić information content (AvgIpc) is 2.60. The second-order valence-corrected chi connectivity index (χ2v) is 7.73. The van der Waals surface area contributed by atoms with Crippen molar-refractivity contribution in [3.05, 3.63) is 12.2 Å². The summed E-state index contributed by atoms with van der Waals surface area (Å²) in [6.45, 7) is 13.6. The molecule has 0 bridgehead atoms. The Hall–Kier alpha value is -0.820. The van der Waals surface area contributed by atoms with Crippen LogP contribution < -0.4 is 0 Å². The predicted octanol–water partition coefficient (Wildman–Crippen LogP) is 5.00. The Morgan fingerprint density at radius 1 is 1.24 bits per heavy atom. The van der Waals surface area contributed by atoms with Gasteiger partial charge in [-0.25, -0.2) is 0 Å². The molecule has 0 aromatic carbocycles. The molecule has 0 aromatic heterocycles. The van der Waals surface area contributed by atoms with Crippen molar-refractivity contribution in [2.75, 3.05) is 26.4 Å². The molecule has 0 spiro atoms. The van der Waals surface area contributed by atoms with Gasteiger partial charge >= 0.3 is 0 Å². The van der Waals surface area contributed by atoms with Crippen LogP contribution in [-0.2, 0) is 14.2 Å². The summed E-state index contributed by atoms with van der Waals surface area (Å²) in [5, 5.41) is 0. The number of hydrogen-bond donors (Lipinski definition) is 0. The van der Waals surface area contributed by atoms with Gasteiger partial charge in [0.15, 0.2) is 0 Å². The summed E-state index contributed by atoms with van der Waals surface area (Å²) in [7, 11) is 0. The van der Waals surface area contributed by atoms with E-state index in [2.05, 4.69) is 51.7 Å². The van der Waals surface area contributed by atoms with E-state index < -0.39 is 0 Å². The van der Waals surface area contributed by atoms with E-state index in [1.807, 2.05) is 6.92 Å². The topological polar surface area (TPSA) is 27.7 Å². The molecule has 0 aliphatic carbocycles. The summed E-state index contributed by atoms with van der Waals surface area (Å²) in [6.07, 6.45) is 10.5. The zero-order valence-corrected chi connectivity index (χ0v) is 17.0. The molecule has 3 heteroatoms. The van der Waals surface area contributed by atoms with Crippen LogP contribution in [0.4, 0.5) is 0 Å². The summed E-state index contributed by atoms with van der Waals surface area (Å²) < 4.78 is 17.2. The van der Waals surface area contributed by atoms with E-state index in [9.17, 15) is 0 Å². The van der Waals surface area contributed by atoms with E-state index in [0.29, 0.717) is 24.5 Å². The van der Waals surface area contributed by atoms with Gasteiger partial charge in [0.05, 0.1) is 18.3 Å². The molecule has 0 N–H and O–H groups in total. The smallest absolute Gasteiger partial charge is 0.107 e. The van der Waals surface area contributed by atoms with E-state index >= 15 is 0 Å². The monoisotopic (exact) mass is 350 g/mol. The standard InChI is InChI=1S/C22H38O3/c1-6-23-16-9-7-12-19(2)18-25-22(4,5)15-11-13-20(3)21-14-8-10-17-24-21/h11,15,19-21H,6,8,10,12-14,16-18H2,1-5H3/b15-11+/t19-,20?,21?/m0/s1. The van der Waals surface area contributed by atoms with Gasteiger partial charge in [-0.2, -0.15) is 0 Å². The highest BCUT2D eigenvalue weighted by molar-refractivity contribution is 5.01. The second-order valence-electron chi connectivity index (χ2n) is 7.73. The molecule has 1 rings (SSSR count). The van der Waals surface area contributed by atoms with Gasteiger partial charge in [-0.15, -0.1) is 5.92 Å². The third-order valence-electron chi connectivity index (χ3n) is 4.57. The van der Waals surface area contributed by atoms with Gasteiger partial charge in [0.1, 0.15) is 6.61 Å². The first-order valence-corrected chi connectivity index (χ1v) is 9.91. The third-order valence-corrected chi connectivity index (χ3v) is 4.57. The normalized spacial score (nSPS) is 20.9. The minimum absolute atomic E-state index is 0.236. The maximum atomic E-state index is 6.08. The lowest BCUT2D eigenvalue weighted by molar-refractivity contribution is -0.0160. The summed E-state index contributed by atoms with van der Waals surface area (Å²) in [4.78, 5) is 0. The molecule has 0 aromatic rings. The van der Waals surface area contributed by atoms with Crippen molar-refractivity contribution in [1.82, 2.24) is 0 Å². The molecule has 25 heavy (non-hydrogen) atoms. The molecule has 2 unspecified atom stereocenters. The van der Waals surface area contributed by atoms with Gasteiger partial charge in [-0.05, 0) is 58.3 Å². The van der Waals surface area contributed by atoms with E-state index in [-0.39, 0.29) is 5.60 Å². The molecule has 3 atom stereocenters. The zero-order chi connectivity index (χ0) is 18.5. The van der Waals surface area contributed by atoms with Gasteiger partial charge < -0.3 is 14.2 Å². The fourth-order valence-corrected chi connectivity index (χ4v) is 2.85. The first-order chi connectivity index (χ1) is 11.9. The molecular formula is C22H38O3. The first-order valence-electron chi connectivity index (χ1n) is 9.91. The van der Waals surface area contributed by atoms with Crippen molar-refractivity contribution in [1.29, 1.82) is 0 Å². The number of rotatable bonds is 10. The van der Waals surface area contributed by atoms with Crippen molar-refractivity contribution in [2.45, 2.75) is 78.4 Å². The summed E-state index contributed by atoms with van der Waals surface area (Å²) >= 11 is 0. The molecular weight excluding hydrogens is 312 g/mol. The average molecular weight is 351 g/mol. The van der Waals surface area contributed by atoms with E-state index in [0.717, 1.165) is 32.7 Å². The lowest BCUT2D eigenvalue weighted by Crippen LogP contribution is -2.26. The fourth-order valence-electron chi connectivity index (χ4n) is 2.85. The molecule has 1 fully saturated rings. The van der Waals surface area contributed by atoms with Gasteiger partial charge in [0.25, 0.3) is 0 Å². The highest BCUT2D eigenvalue weighted by Crippen LogP contribution is 2.23. The lowest BCUT2D eigenvalue weighted by atomic mass is 9.94. The minimum Gasteiger partial charge on any atom is -0.378 e. The van der Waals surface area contributed by atoms with Gasteiger partial charge in [-0.1, -0.05) is 31.9 Å². The van der Waals surface area contributed by atoms with Gasteiger partial charge in [0.2, 0.25) is 0 Å². The number of ether oxygens (including phenoxy) is 3. The molecule has 144 valence electrons. The van der Waals surface area contributed by atoms with Crippen molar-refractivity contribution in [2.24, 2.45) is 11.8 Å². The van der Waals surface area contributed by atoms with E-state index in [4.69, 9.17) is 14.2 Å². The van der Waals surface area contributed by atoms with Crippen molar-refractivity contribution < 1.29 is 14.2 Å². The maximum Gasteiger partial charge on any atom is 0.107 e. The highest BCUT2D eigenvalue weighted by Gasteiger charge is 2.20. The van der Waals surface area contributed by atoms with Crippen LogP contribution in [0.25, 0.3) is 0 Å². The van der Waals surface area contributed by atoms with Crippen LogP contribution in [0, 0.1) is 23.7 Å². The maximum absolute atomic E-state index is 6.08. The Labute approximate surface area is 155 Å². The van der Waals surface area contributed by atoms with E-state index in [1.54, 1.807) is 0 Å². The Bertz CT molecular complexity index is 424. The van der Waals surface area contributed by atoms with Crippen LogP contribution in [0.1, 0.15) is 66.7 Å². The number of hydrogen-bond acceptors (Lipinski definition) is 3. The van der Waals surface area contributed by atoms with Crippen LogP contribution in [-0.4, -0.2) is 38.1 Å². The lowest BCUT2D eigenvalue weighted by Gasteiger charge is -2.28. The Balaban J connectivity index is 2.25. The summed E-state index contributed by atoms with van der Waals surface area (Å²) in [5.41, 5.74) is -0.236. The molecule has 1 heterocycles. The highest BCUT2D eigenvalue weighted by atomic mass is 16.5.